The van der Waals surface area contributed by atoms with Gasteiger partial charge >= 0.3 is 0 Å². The van der Waals surface area contributed by atoms with Crippen molar-refractivity contribution in [1.82, 2.24) is 4.31 Å². The smallest absolute Gasteiger partial charge is 0.243 e. The number of hydrogen-bond donors (Lipinski definition) is 1. The quantitative estimate of drug-likeness (QED) is 0.766. The average molecular weight is 456 g/mol. The summed E-state index contributed by atoms with van der Waals surface area (Å²) in [7, 11) is -2.21. The van der Waals surface area contributed by atoms with Crippen LogP contribution in [-0.2, 0) is 25.0 Å². The number of rotatable bonds is 4. The Morgan fingerprint density at radius 1 is 1.12 bits per heavy atom. The number of nitrogens with zero attached hydrogens (tertiary/aromatic N) is 2. The van der Waals surface area contributed by atoms with Crippen LogP contribution in [0.1, 0.15) is 43.4 Å². The van der Waals surface area contributed by atoms with Crippen molar-refractivity contribution in [2.75, 3.05) is 23.8 Å². The van der Waals surface area contributed by atoms with E-state index < -0.39 is 21.5 Å². The molecule has 0 spiro atoms. The molecule has 0 aliphatic carbocycles. The Hall–Kier alpha value is -2.71. The third-order valence-electron chi connectivity index (χ3n) is 6.59. The standard InChI is InChI=1S/C24H29N3O4S/c1-15-8-10-19(16(2)13-15)25-22(28)21-7-6-12-27(21)32(30,31)17-9-11-20-18(14-17)24(3,4)23(29)26(20)5/h8-11,13-14,21H,6-7,12H2,1-5H3,(H,25,28). The van der Waals surface area contributed by atoms with Gasteiger partial charge < -0.3 is 10.2 Å². The Morgan fingerprint density at radius 3 is 2.53 bits per heavy atom. The lowest BCUT2D eigenvalue weighted by Crippen LogP contribution is -2.43. The van der Waals surface area contributed by atoms with E-state index in [1.807, 2.05) is 32.0 Å². The van der Waals surface area contributed by atoms with Crippen LogP contribution in [0.2, 0.25) is 0 Å². The molecule has 2 aromatic carbocycles. The van der Waals surface area contributed by atoms with E-state index in [4.69, 9.17) is 0 Å². The van der Waals surface area contributed by atoms with Gasteiger partial charge in [0, 0.05) is 25.0 Å². The third-order valence-corrected chi connectivity index (χ3v) is 8.50. The van der Waals surface area contributed by atoms with Crippen molar-refractivity contribution >= 4 is 33.2 Å². The summed E-state index contributed by atoms with van der Waals surface area (Å²) in [5.74, 6) is -0.400. The van der Waals surface area contributed by atoms with Gasteiger partial charge in [-0.25, -0.2) is 8.42 Å². The fraction of sp³-hybridized carbons (Fsp3) is 0.417. The summed E-state index contributed by atoms with van der Waals surface area (Å²) < 4.78 is 28.4. The third kappa shape index (κ3) is 3.51. The maximum atomic E-state index is 13.5. The number of benzene rings is 2. The number of amides is 2. The first-order valence-corrected chi connectivity index (χ1v) is 12.2. The van der Waals surface area contributed by atoms with Gasteiger partial charge in [-0.15, -0.1) is 0 Å². The summed E-state index contributed by atoms with van der Waals surface area (Å²) in [6, 6.07) is 9.74. The van der Waals surface area contributed by atoms with Crippen molar-refractivity contribution in [3.8, 4) is 0 Å². The monoisotopic (exact) mass is 455 g/mol. The van der Waals surface area contributed by atoms with Crippen LogP contribution in [0, 0.1) is 13.8 Å². The molecule has 0 saturated carbocycles. The Balaban J connectivity index is 1.63. The molecule has 2 amide bonds. The topological polar surface area (TPSA) is 86.8 Å². The van der Waals surface area contributed by atoms with E-state index >= 15 is 0 Å². The normalized spacial score (nSPS) is 20.5. The summed E-state index contributed by atoms with van der Waals surface area (Å²) in [4.78, 5) is 27.3. The van der Waals surface area contributed by atoms with E-state index in [0.29, 0.717) is 29.8 Å². The van der Waals surface area contributed by atoms with Crippen LogP contribution >= 0.6 is 0 Å². The van der Waals surface area contributed by atoms with E-state index in [9.17, 15) is 18.0 Å². The Labute approximate surface area is 189 Å². The van der Waals surface area contributed by atoms with Crippen LogP contribution < -0.4 is 10.2 Å². The number of sulfonamides is 1. The molecule has 32 heavy (non-hydrogen) atoms. The molecule has 1 fully saturated rings. The second-order valence-corrected chi connectivity index (χ2v) is 11.1. The minimum absolute atomic E-state index is 0.0751. The molecular formula is C24H29N3O4S. The largest absolute Gasteiger partial charge is 0.324 e. The van der Waals surface area contributed by atoms with Gasteiger partial charge in [0.1, 0.15) is 6.04 Å². The summed E-state index contributed by atoms with van der Waals surface area (Å²) >= 11 is 0. The molecule has 2 aliphatic rings. The van der Waals surface area contributed by atoms with Crippen molar-refractivity contribution in [2.45, 2.75) is 56.9 Å². The lowest BCUT2D eigenvalue weighted by atomic mass is 9.86. The number of nitrogens with one attached hydrogen (secondary N) is 1. The fourth-order valence-electron chi connectivity index (χ4n) is 4.71. The van der Waals surface area contributed by atoms with Crippen LogP contribution in [0.5, 0.6) is 0 Å². The molecule has 1 saturated heterocycles. The van der Waals surface area contributed by atoms with Gasteiger partial charge in [-0.3, -0.25) is 9.59 Å². The molecule has 2 aliphatic heterocycles. The van der Waals surface area contributed by atoms with Crippen molar-refractivity contribution < 1.29 is 18.0 Å². The molecule has 8 heteroatoms. The number of fused-ring (bicyclic) bond motifs is 1. The molecule has 1 atom stereocenters. The first kappa shape index (κ1) is 22.5. The molecule has 170 valence electrons. The second-order valence-electron chi connectivity index (χ2n) is 9.25. The zero-order valence-electron chi connectivity index (χ0n) is 19.1. The number of anilines is 2. The van der Waals surface area contributed by atoms with Crippen LogP contribution in [0.25, 0.3) is 0 Å². The molecular weight excluding hydrogens is 426 g/mol. The molecule has 0 bridgehead atoms. The summed E-state index contributed by atoms with van der Waals surface area (Å²) in [6.07, 6.45) is 1.08. The number of hydrogen-bond acceptors (Lipinski definition) is 4. The van der Waals surface area contributed by atoms with E-state index in [1.165, 1.54) is 10.4 Å². The van der Waals surface area contributed by atoms with Gasteiger partial charge in [0.2, 0.25) is 21.8 Å². The summed E-state index contributed by atoms with van der Waals surface area (Å²) in [5.41, 5.74) is 3.30. The van der Waals surface area contributed by atoms with E-state index in [1.54, 1.807) is 37.9 Å². The van der Waals surface area contributed by atoms with Gasteiger partial charge in [-0.1, -0.05) is 17.7 Å². The van der Waals surface area contributed by atoms with Gasteiger partial charge in [-0.05, 0) is 75.9 Å². The highest BCUT2D eigenvalue weighted by Gasteiger charge is 2.44. The summed E-state index contributed by atoms with van der Waals surface area (Å²) in [6.45, 7) is 7.77. The second kappa shape index (κ2) is 7.71. The molecule has 2 heterocycles. The van der Waals surface area contributed by atoms with Crippen molar-refractivity contribution in [3.63, 3.8) is 0 Å². The van der Waals surface area contributed by atoms with Gasteiger partial charge in [0.15, 0.2) is 0 Å². The predicted molar refractivity (Wildman–Crippen MR) is 124 cm³/mol. The summed E-state index contributed by atoms with van der Waals surface area (Å²) in [5, 5.41) is 2.90. The highest BCUT2D eigenvalue weighted by atomic mass is 32.2. The number of carbonyl (C=O) groups excluding carboxylic acids is 2. The molecule has 4 rings (SSSR count). The van der Waals surface area contributed by atoms with Crippen LogP contribution in [0.3, 0.4) is 0 Å². The van der Waals surface area contributed by atoms with E-state index in [0.717, 1.165) is 11.1 Å². The fourth-order valence-corrected chi connectivity index (χ4v) is 6.39. The molecule has 1 N–H and O–H groups in total. The lowest BCUT2D eigenvalue weighted by molar-refractivity contribution is -0.122. The zero-order valence-corrected chi connectivity index (χ0v) is 19.9. The minimum atomic E-state index is -3.91. The number of likely N-dealkylation sites (N-methyl/N-ethyl adjacent to an activating group) is 1. The van der Waals surface area contributed by atoms with Crippen LogP contribution in [-0.4, -0.2) is 44.2 Å². The van der Waals surface area contributed by atoms with Crippen molar-refractivity contribution in [1.29, 1.82) is 0 Å². The molecule has 1 unspecified atom stereocenters. The van der Waals surface area contributed by atoms with E-state index in [-0.39, 0.29) is 23.3 Å². The van der Waals surface area contributed by atoms with Crippen molar-refractivity contribution in [2.24, 2.45) is 0 Å². The van der Waals surface area contributed by atoms with Gasteiger partial charge in [0.05, 0.1) is 10.3 Å². The van der Waals surface area contributed by atoms with Crippen LogP contribution in [0.15, 0.2) is 41.3 Å². The van der Waals surface area contributed by atoms with Gasteiger partial charge in [0.25, 0.3) is 0 Å². The Bertz CT molecular complexity index is 1220. The molecule has 0 aromatic heterocycles. The van der Waals surface area contributed by atoms with Gasteiger partial charge in [-0.2, -0.15) is 4.31 Å². The number of carbonyl (C=O) groups is 2. The lowest BCUT2D eigenvalue weighted by Gasteiger charge is -2.24. The maximum Gasteiger partial charge on any atom is 0.243 e. The highest BCUT2D eigenvalue weighted by molar-refractivity contribution is 7.89. The average Bonchev–Trinajstić information content (AvgIpc) is 3.30. The Morgan fingerprint density at radius 2 is 1.84 bits per heavy atom. The zero-order chi connectivity index (χ0) is 23.4. The SMILES string of the molecule is Cc1ccc(NC(=O)C2CCCN2S(=O)(=O)c2ccc3c(c2)C(C)(C)C(=O)N3C)c(C)c1. The maximum absolute atomic E-state index is 13.5. The van der Waals surface area contributed by atoms with E-state index in [2.05, 4.69) is 5.32 Å². The number of aryl methyl sites for hydroxylation is 2. The first-order chi connectivity index (χ1) is 14.9. The predicted octanol–water partition coefficient (Wildman–Crippen LogP) is 3.35. The molecule has 0 radical (unpaired) electrons. The minimum Gasteiger partial charge on any atom is -0.324 e. The highest BCUT2D eigenvalue weighted by Crippen LogP contribution is 2.42. The molecule has 2 aromatic rings. The Kier molecular flexibility index (Phi) is 5.41. The molecule has 7 nitrogen and oxygen atoms in total. The van der Waals surface area contributed by atoms with Crippen molar-refractivity contribution in [3.05, 3.63) is 53.1 Å². The van der Waals surface area contributed by atoms with Crippen LogP contribution in [0.4, 0.5) is 11.4 Å². The first-order valence-electron chi connectivity index (χ1n) is 10.8.